The second-order valence-corrected chi connectivity index (χ2v) is 7.58. The smallest absolute Gasteiger partial charge is 0.412 e. The monoisotopic (exact) mass is 406 g/mol. The summed E-state index contributed by atoms with van der Waals surface area (Å²) in [5.74, 6) is 2.41. The average molecular weight is 406 g/mol. The van der Waals surface area contributed by atoms with Crippen molar-refractivity contribution in [3.05, 3.63) is 55.1 Å². The van der Waals surface area contributed by atoms with Crippen molar-refractivity contribution in [1.82, 2.24) is 10.3 Å². The minimum atomic E-state index is -0.431. The molecule has 0 aliphatic heterocycles. The second-order valence-electron chi connectivity index (χ2n) is 7.58. The molecule has 3 aromatic rings. The summed E-state index contributed by atoms with van der Waals surface area (Å²) in [7, 11) is 1.61. The minimum Gasteiger partial charge on any atom is -0.496 e. The average Bonchev–Trinajstić information content (AvgIpc) is 3.34. The minimum absolute atomic E-state index is 0.431. The fraction of sp³-hybridized carbons (Fsp3) is 0.333. The van der Waals surface area contributed by atoms with Crippen molar-refractivity contribution in [3.8, 4) is 33.9 Å². The summed E-state index contributed by atoms with van der Waals surface area (Å²) in [5, 5.41) is 2.90. The lowest BCUT2D eigenvalue weighted by molar-refractivity contribution is 0.196. The lowest BCUT2D eigenvalue weighted by atomic mass is 9.89. The van der Waals surface area contributed by atoms with Gasteiger partial charge in [0.2, 0.25) is 0 Å². The molecule has 1 aliphatic carbocycles. The summed E-state index contributed by atoms with van der Waals surface area (Å²) in [4.78, 5) is 16.6. The van der Waals surface area contributed by atoms with Gasteiger partial charge in [-0.15, -0.1) is 0 Å². The maximum absolute atomic E-state index is 12.3. The van der Waals surface area contributed by atoms with Gasteiger partial charge in [0.25, 0.3) is 0 Å². The summed E-state index contributed by atoms with van der Waals surface area (Å²) in [6.07, 6.45) is 10.8. The molecule has 6 nitrogen and oxygen atoms in total. The zero-order valence-corrected chi connectivity index (χ0v) is 17.1. The number of carbonyl (C=O) groups excluding carboxylic acids is 1. The molecule has 4 rings (SSSR count). The van der Waals surface area contributed by atoms with Gasteiger partial charge in [-0.1, -0.05) is 19.3 Å². The first-order valence-corrected chi connectivity index (χ1v) is 10.4. The van der Waals surface area contributed by atoms with E-state index in [0.717, 1.165) is 22.5 Å². The Kier molecular flexibility index (Phi) is 6.32. The van der Waals surface area contributed by atoms with E-state index < -0.39 is 6.09 Å². The molecule has 1 N–H and O–H groups in total. The molecule has 156 valence electrons. The van der Waals surface area contributed by atoms with E-state index >= 15 is 0 Å². The molecule has 1 aromatic carbocycles. The van der Waals surface area contributed by atoms with Crippen LogP contribution in [0.25, 0.3) is 22.5 Å². The van der Waals surface area contributed by atoms with E-state index in [-0.39, 0.29) is 0 Å². The largest absolute Gasteiger partial charge is 0.496 e. The van der Waals surface area contributed by atoms with Crippen LogP contribution in [-0.4, -0.2) is 24.7 Å². The molecule has 6 heteroatoms. The Morgan fingerprint density at radius 1 is 1.13 bits per heavy atom. The molecular formula is C24H26N2O4. The third-order valence-electron chi connectivity index (χ3n) is 5.50. The van der Waals surface area contributed by atoms with E-state index in [0.29, 0.717) is 24.0 Å². The lowest BCUT2D eigenvalue weighted by Crippen LogP contribution is -2.32. The molecule has 2 aromatic heterocycles. The van der Waals surface area contributed by atoms with Crippen molar-refractivity contribution in [1.29, 1.82) is 0 Å². The predicted octanol–water partition coefficient (Wildman–Crippen LogP) is 5.69. The molecule has 2 heterocycles. The van der Waals surface area contributed by atoms with Crippen LogP contribution in [-0.2, 0) is 0 Å². The maximum Gasteiger partial charge on any atom is 0.412 e. The number of aromatic nitrogens is 1. The molecule has 1 aliphatic rings. The summed E-state index contributed by atoms with van der Waals surface area (Å²) >= 11 is 0. The molecule has 0 unspecified atom stereocenters. The van der Waals surface area contributed by atoms with Gasteiger partial charge in [-0.3, -0.25) is 4.98 Å². The molecule has 0 atom stereocenters. The number of carbonyl (C=O) groups is 1. The molecule has 1 saturated carbocycles. The van der Waals surface area contributed by atoms with Crippen LogP contribution in [0.5, 0.6) is 11.5 Å². The van der Waals surface area contributed by atoms with Crippen LogP contribution in [0.2, 0.25) is 0 Å². The summed E-state index contributed by atoms with van der Waals surface area (Å²) in [5.41, 5.74) is 2.49. The normalized spacial score (nSPS) is 14.3. The van der Waals surface area contributed by atoms with Gasteiger partial charge >= 0.3 is 6.09 Å². The van der Waals surface area contributed by atoms with Crippen molar-refractivity contribution >= 4 is 6.09 Å². The molecule has 0 bridgehead atoms. The molecule has 0 saturated heterocycles. The topological polar surface area (TPSA) is 73.6 Å². The zero-order chi connectivity index (χ0) is 20.8. The predicted molar refractivity (Wildman–Crippen MR) is 115 cm³/mol. The number of hydrogen-bond donors (Lipinski definition) is 1. The fourth-order valence-corrected chi connectivity index (χ4v) is 3.90. The molecule has 0 radical (unpaired) electrons. The van der Waals surface area contributed by atoms with Crippen molar-refractivity contribution in [2.45, 2.75) is 32.1 Å². The van der Waals surface area contributed by atoms with Crippen LogP contribution in [0.4, 0.5) is 4.79 Å². The highest BCUT2D eigenvalue weighted by Crippen LogP contribution is 2.35. The summed E-state index contributed by atoms with van der Waals surface area (Å²) < 4.78 is 16.5. The Labute approximate surface area is 176 Å². The molecule has 30 heavy (non-hydrogen) atoms. The highest BCUT2D eigenvalue weighted by atomic mass is 16.6. The van der Waals surface area contributed by atoms with Crippen molar-refractivity contribution in [2.24, 2.45) is 5.92 Å². The first-order valence-electron chi connectivity index (χ1n) is 10.4. The van der Waals surface area contributed by atoms with Gasteiger partial charge in [0.15, 0.2) is 0 Å². The van der Waals surface area contributed by atoms with Gasteiger partial charge in [0.05, 0.1) is 13.4 Å². The van der Waals surface area contributed by atoms with Gasteiger partial charge in [0, 0.05) is 35.6 Å². The number of nitrogens with zero attached hydrogens (tertiary/aromatic N) is 1. The Morgan fingerprint density at radius 3 is 2.73 bits per heavy atom. The number of amides is 1. The number of pyridine rings is 1. The lowest BCUT2D eigenvalue weighted by Gasteiger charge is -2.21. The summed E-state index contributed by atoms with van der Waals surface area (Å²) in [6, 6.07) is 11.0. The fourth-order valence-electron chi connectivity index (χ4n) is 3.90. The third-order valence-corrected chi connectivity index (χ3v) is 5.50. The standard InChI is InChI=1S/C24H26N2O4/c1-28-23-10-9-20(30-24(27)26-14-17-6-3-2-4-7-17)13-21(23)18-12-19(16-25-15-18)22-8-5-11-29-22/h5,8-13,15-17H,2-4,6-7,14H2,1H3,(H,26,27). The molecule has 1 fully saturated rings. The first-order chi connectivity index (χ1) is 14.7. The molecule has 0 spiro atoms. The quantitative estimate of drug-likeness (QED) is 0.570. The number of ether oxygens (including phenoxy) is 2. The van der Waals surface area contributed by atoms with E-state index in [2.05, 4.69) is 10.3 Å². The third kappa shape index (κ3) is 4.82. The SMILES string of the molecule is COc1ccc(OC(=O)NCC2CCCCC2)cc1-c1cncc(-c2ccco2)c1. The Balaban J connectivity index is 1.49. The van der Waals surface area contributed by atoms with Gasteiger partial charge < -0.3 is 19.2 Å². The van der Waals surface area contributed by atoms with E-state index in [9.17, 15) is 4.79 Å². The second kappa shape index (κ2) is 9.48. The van der Waals surface area contributed by atoms with Gasteiger partial charge in [-0.05, 0) is 55.2 Å². The number of methoxy groups -OCH3 is 1. The maximum atomic E-state index is 12.3. The number of nitrogens with one attached hydrogen (secondary N) is 1. The van der Waals surface area contributed by atoms with Crippen molar-refractivity contribution in [3.63, 3.8) is 0 Å². The number of furan rings is 1. The van der Waals surface area contributed by atoms with E-state index in [1.165, 1.54) is 32.1 Å². The van der Waals surface area contributed by atoms with Crippen LogP contribution >= 0.6 is 0 Å². The number of rotatable bonds is 6. The van der Waals surface area contributed by atoms with Crippen LogP contribution in [0, 0.1) is 5.92 Å². The Morgan fingerprint density at radius 2 is 1.97 bits per heavy atom. The van der Waals surface area contributed by atoms with Crippen LogP contribution in [0.3, 0.4) is 0 Å². The molecular weight excluding hydrogens is 380 g/mol. The number of hydrogen-bond acceptors (Lipinski definition) is 5. The first kappa shape index (κ1) is 20.0. The van der Waals surface area contributed by atoms with Gasteiger partial charge in [-0.2, -0.15) is 0 Å². The van der Waals surface area contributed by atoms with Gasteiger partial charge in [0.1, 0.15) is 17.3 Å². The Hall–Kier alpha value is -3.28. The Bertz CT molecular complexity index is 979. The van der Waals surface area contributed by atoms with E-state index in [1.54, 1.807) is 44.0 Å². The van der Waals surface area contributed by atoms with E-state index in [4.69, 9.17) is 13.9 Å². The highest BCUT2D eigenvalue weighted by molar-refractivity contribution is 5.77. The van der Waals surface area contributed by atoms with Crippen LogP contribution in [0.15, 0.2) is 59.5 Å². The zero-order valence-electron chi connectivity index (χ0n) is 17.1. The van der Waals surface area contributed by atoms with Crippen LogP contribution < -0.4 is 14.8 Å². The van der Waals surface area contributed by atoms with Crippen molar-refractivity contribution < 1.29 is 18.7 Å². The van der Waals surface area contributed by atoms with Crippen LogP contribution in [0.1, 0.15) is 32.1 Å². The molecule has 1 amide bonds. The van der Waals surface area contributed by atoms with Gasteiger partial charge in [-0.25, -0.2) is 4.79 Å². The highest BCUT2D eigenvalue weighted by Gasteiger charge is 2.16. The number of benzene rings is 1. The summed E-state index contributed by atoms with van der Waals surface area (Å²) in [6.45, 7) is 0.664. The van der Waals surface area contributed by atoms with E-state index in [1.807, 2.05) is 18.2 Å². The van der Waals surface area contributed by atoms with Crippen molar-refractivity contribution in [2.75, 3.05) is 13.7 Å².